The molecule has 1 saturated heterocycles. The fourth-order valence-corrected chi connectivity index (χ4v) is 3.23. The SMILES string of the molecule is CCCN(CCNC(=NC)N1CCCC(CC(N)=O)C1)C(=O)OC(C)(C)C.I. The van der Waals surface area contributed by atoms with Crippen LogP contribution in [0.2, 0.25) is 0 Å². The van der Waals surface area contributed by atoms with Gasteiger partial charge < -0.3 is 25.6 Å². The van der Waals surface area contributed by atoms with Crippen LogP contribution >= 0.6 is 24.0 Å². The lowest BCUT2D eigenvalue weighted by atomic mass is 9.95. The Morgan fingerprint density at radius 3 is 2.54 bits per heavy atom. The van der Waals surface area contributed by atoms with Gasteiger partial charge in [-0.2, -0.15) is 0 Å². The highest BCUT2D eigenvalue weighted by Gasteiger charge is 2.24. The molecule has 1 heterocycles. The summed E-state index contributed by atoms with van der Waals surface area (Å²) in [6.07, 6.45) is 3.02. The lowest BCUT2D eigenvalue weighted by Crippen LogP contribution is -2.49. The van der Waals surface area contributed by atoms with Crippen molar-refractivity contribution in [1.82, 2.24) is 15.1 Å². The van der Waals surface area contributed by atoms with E-state index in [2.05, 4.69) is 15.2 Å². The van der Waals surface area contributed by atoms with E-state index in [4.69, 9.17) is 10.5 Å². The molecule has 2 amide bonds. The first-order valence-electron chi connectivity index (χ1n) is 9.88. The molecule has 1 atom stereocenters. The molecular formula is C19H38IN5O3. The monoisotopic (exact) mass is 511 g/mol. The van der Waals surface area contributed by atoms with Crippen LogP contribution in [-0.2, 0) is 9.53 Å². The van der Waals surface area contributed by atoms with Gasteiger partial charge in [0, 0.05) is 46.2 Å². The van der Waals surface area contributed by atoms with Crippen molar-refractivity contribution in [2.75, 3.05) is 39.8 Å². The zero-order valence-electron chi connectivity index (χ0n) is 18.0. The van der Waals surface area contributed by atoms with E-state index < -0.39 is 5.60 Å². The number of halogens is 1. The fraction of sp³-hybridized carbons (Fsp3) is 0.842. The number of guanidine groups is 1. The van der Waals surface area contributed by atoms with Gasteiger partial charge in [0.25, 0.3) is 0 Å². The van der Waals surface area contributed by atoms with Crippen LogP contribution in [0.15, 0.2) is 4.99 Å². The second-order valence-corrected chi connectivity index (χ2v) is 8.07. The van der Waals surface area contributed by atoms with E-state index in [1.807, 2.05) is 27.7 Å². The molecule has 9 heteroatoms. The molecule has 28 heavy (non-hydrogen) atoms. The van der Waals surface area contributed by atoms with Gasteiger partial charge in [-0.3, -0.25) is 9.79 Å². The van der Waals surface area contributed by atoms with Crippen LogP contribution < -0.4 is 11.1 Å². The minimum Gasteiger partial charge on any atom is -0.444 e. The number of hydrogen-bond donors (Lipinski definition) is 2. The lowest BCUT2D eigenvalue weighted by molar-refractivity contribution is -0.119. The first-order chi connectivity index (χ1) is 12.7. The maximum atomic E-state index is 12.3. The Kier molecular flexibility index (Phi) is 12.5. The quantitative estimate of drug-likeness (QED) is 0.311. The number of amides is 2. The van der Waals surface area contributed by atoms with Gasteiger partial charge >= 0.3 is 6.09 Å². The third kappa shape index (κ3) is 10.3. The van der Waals surface area contributed by atoms with Crippen molar-refractivity contribution in [1.29, 1.82) is 0 Å². The molecule has 1 rings (SSSR count). The Morgan fingerprint density at radius 1 is 1.32 bits per heavy atom. The number of carbonyl (C=O) groups excluding carboxylic acids is 2. The number of nitrogens with two attached hydrogens (primary N) is 1. The highest BCUT2D eigenvalue weighted by Crippen LogP contribution is 2.19. The van der Waals surface area contributed by atoms with Crippen molar-refractivity contribution >= 4 is 41.9 Å². The molecule has 1 unspecified atom stereocenters. The summed E-state index contributed by atoms with van der Waals surface area (Å²) in [4.78, 5) is 31.8. The summed E-state index contributed by atoms with van der Waals surface area (Å²) in [6.45, 7) is 11.1. The summed E-state index contributed by atoms with van der Waals surface area (Å²) < 4.78 is 5.48. The van der Waals surface area contributed by atoms with Crippen LogP contribution in [0.1, 0.15) is 53.4 Å². The fourth-order valence-electron chi connectivity index (χ4n) is 3.23. The number of piperidine rings is 1. The van der Waals surface area contributed by atoms with Crippen molar-refractivity contribution in [3.05, 3.63) is 0 Å². The molecule has 0 spiro atoms. The smallest absolute Gasteiger partial charge is 0.410 e. The molecule has 8 nitrogen and oxygen atoms in total. The van der Waals surface area contributed by atoms with Crippen LogP contribution in [0, 0.1) is 5.92 Å². The number of aliphatic imine (C=N–C) groups is 1. The predicted octanol–water partition coefficient (Wildman–Crippen LogP) is 2.41. The van der Waals surface area contributed by atoms with E-state index >= 15 is 0 Å². The molecule has 1 aliphatic rings. The third-order valence-electron chi connectivity index (χ3n) is 4.33. The van der Waals surface area contributed by atoms with E-state index in [-0.39, 0.29) is 41.9 Å². The summed E-state index contributed by atoms with van der Waals surface area (Å²) in [6, 6.07) is 0. The first kappa shape index (κ1) is 26.7. The van der Waals surface area contributed by atoms with Crippen molar-refractivity contribution in [3.63, 3.8) is 0 Å². The Labute approximate surface area is 186 Å². The largest absolute Gasteiger partial charge is 0.444 e. The summed E-state index contributed by atoms with van der Waals surface area (Å²) in [5, 5.41) is 3.33. The molecule has 0 saturated carbocycles. The summed E-state index contributed by atoms with van der Waals surface area (Å²) in [5.74, 6) is 0.815. The van der Waals surface area contributed by atoms with Crippen molar-refractivity contribution in [2.45, 2.75) is 59.0 Å². The van der Waals surface area contributed by atoms with E-state index in [0.717, 1.165) is 38.3 Å². The van der Waals surface area contributed by atoms with E-state index in [1.165, 1.54) is 0 Å². The van der Waals surface area contributed by atoms with Crippen molar-refractivity contribution in [3.8, 4) is 0 Å². The van der Waals surface area contributed by atoms with Gasteiger partial charge in [-0.1, -0.05) is 6.92 Å². The van der Waals surface area contributed by atoms with Gasteiger partial charge in [0.05, 0.1) is 0 Å². The molecule has 0 bridgehead atoms. The number of primary amides is 1. The number of nitrogens with one attached hydrogen (secondary N) is 1. The Balaban J connectivity index is 0.00000729. The average molecular weight is 511 g/mol. The zero-order chi connectivity index (χ0) is 20.4. The molecule has 1 fully saturated rings. The van der Waals surface area contributed by atoms with Crippen molar-refractivity contribution < 1.29 is 14.3 Å². The number of hydrogen-bond acceptors (Lipinski definition) is 4. The van der Waals surface area contributed by atoms with Gasteiger partial charge in [0.1, 0.15) is 5.60 Å². The number of ether oxygens (including phenoxy) is 1. The Bertz CT molecular complexity index is 522. The second-order valence-electron chi connectivity index (χ2n) is 8.07. The van der Waals surface area contributed by atoms with Crippen LogP contribution in [0.4, 0.5) is 4.79 Å². The molecular weight excluding hydrogens is 473 g/mol. The van der Waals surface area contributed by atoms with Gasteiger partial charge in [-0.25, -0.2) is 4.79 Å². The van der Waals surface area contributed by atoms with Gasteiger partial charge in [-0.15, -0.1) is 24.0 Å². The van der Waals surface area contributed by atoms with Crippen LogP contribution in [0.25, 0.3) is 0 Å². The Hall–Kier alpha value is -1.26. The maximum Gasteiger partial charge on any atom is 0.410 e. The number of carbonyl (C=O) groups is 2. The van der Waals surface area contributed by atoms with E-state index in [9.17, 15) is 9.59 Å². The maximum absolute atomic E-state index is 12.3. The van der Waals surface area contributed by atoms with Crippen LogP contribution in [0.5, 0.6) is 0 Å². The summed E-state index contributed by atoms with van der Waals surface area (Å²) in [5.41, 5.74) is 4.83. The Morgan fingerprint density at radius 2 is 2.00 bits per heavy atom. The topological polar surface area (TPSA) is 100 Å². The molecule has 0 aliphatic carbocycles. The minimum absolute atomic E-state index is 0. The van der Waals surface area contributed by atoms with Crippen molar-refractivity contribution in [2.24, 2.45) is 16.6 Å². The zero-order valence-corrected chi connectivity index (χ0v) is 20.3. The first-order valence-corrected chi connectivity index (χ1v) is 9.88. The van der Waals surface area contributed by atoms with Gasteiger partial charge in [-0.05, 0) is 46.0 Å². The highest BCUT2D eigenvalue weighted by molar-refractivity contribution is 14.0. The minimum atomic E-state index is -0.504. The van der Waals surface area contributed by atoms with Gasteiger partial charge in [0.2, 0.25) is 5.91 Å². The van der Waals surface area contributed by atoms with E-state index in [0.29, 0.717) is 26.1 Å². The standard InChI is InChI=1S/C19H37N5O3.HI/c1-6-10-23(18(26)27-19(2,3)4)12-9-22-17(21-5)24-11-7-8-15(14-24)13-16(20)25;/h15H,6-14H2,1-5H3,(H2,20,25)(H,21,22);1H. The van der Waals surface area contributed by atoms with Crippen LogP contribution in [-0.4, -0.2) is 73.1 Å². The molecule has 0 aromatic heterocycles. The molecule has 164 valence electrons. The van der Waals surface area contributed by atoms with Crippen LogP contribution in [0.3, 0.4) is 0 Å². The molecule has 0 aromatic rings. The summed E-state index contributed by atoms with van der Waals surface area (Å²) in [7, 11) is 1.75. The molecule has 1 aliphatic heterocycles. The average Bonchev–Trinajstić information content (AvgIpc) is 2.55. The summed E-state index contributed by atoms with van der Waals surface area (Å²) >= 11 is 0. The molecule has 3 N–H and O–H groups in total. The number of rotatable bonds is 7. The van der Waals surface area contributed by atoms with Gasteiger partial charge in [0.15, 0.2) is 5.96 Å². The molecule has 0 radical (unpaired) electrons. The second kappa shape index (κ2) is 13.1. The highest BCUT2D eigenvalue weighted by atomic mass is 127. The number of nitrogens with zero attached hydrogens (tertiary/aromatic N) is 3. The van der Waals surface area contributed by atoms with E-state index in [1.54, 1.807) is 11.9 Å². The normalized spacial score (nSPS) is 17.5. The predicted molar refractivity (Wildman–Crippen MR) is 123 cm³/mol. The third-order valence-corrected chi connectivity index (χ3v) is 4.33. The lowest BCUT2D eigenvalue weighted by Gasteiger charge is -2.35. The number of likely N-dealkylation sites (tertiary alicyclic amines) is 1. The molecule has 0 aromatic carbocycles.